The topological polar surface area (TPSA) is 50.7 Å². The molecule has 0 saturated carbocycles. The Hall–Kier alpha value is -1.77. The van der Waals surface area contributed by atoms with Crippen molar-refractivity contribution in [2.24, 2.45) is 0 Å². The van der Waals surface area contributed by atoms with Crippen LogP contribution in [0.1, 0.15) is 11.1 Å². The molecule has 0 radical (unpaired) electrons. The fourth-order valence-electron chi connectivity index (χ4n) is 2.11. The van der Waals surface area contributed by atoms with Crippen LogP contribution < -0.4 is 14.8 Å². The van der Waals surface area contributed by atoms with Gasteiger partial charge in [0.05, 0.1) is 6.61 Å². The first-order chi connectivity index (χ1) is 12.0. The Bertz CT molecular complexity index is 701. The highest BCUT2D eigenvalue weighted by molar-refractivity contribution is 9.10. The maximum Gasteiger partial charge on any atom is 0.387 e. The predicted octanol–water partition coefficient (Wildman–Crippen LogP) is 3.85. The maximum absolute atomic E-state index is 13.4. The van der Waals surface area contributed by atoms with Crippen molar-refractivity contribution in [3.05, 3.63) is 57.8 Å². The Morgan fingerprint density at radius 1 is 1.12 bits per heavy atom. The quantitative estimate of drug-likeness (QED) is 0.606. The summed E-state index contributed by atoms with van der Waals surface area (Å²) in [7, 11) is 0. The van der Waals surface area contributed by atoms with E-state index >= 15 is 0 Å². The normalized spacial score (nSPS) is 11.0. The lowest BCUT2D eigenvalue weighted by Gasteiger charge is -2.13. The van der Waals surface area contributed by atoms with Gasteiger partial charge in [0.1, 0.15) is 12.4 Å². The molecule has 0 aliphatic heterocycles. The van der Waals surface area contributed by atoms with E-state index in [1.54, 1.807) is 12.1 Å². The van der Waals surface area contributed by atoms with E-state index in [0.29, 0.717) is 24.4 Å². The summed E-state index contributed by atoms with van der Waals surface area (Å²) in [5.41, 5.74) is 1.35. The third-order valence-corrected chi connectivity index (χ3v) is 3.73. The van der Waals surface area contributed by atoms with Gasteiger partial charge in [-0.15, -0.1) is 0 Å². The first kappa shape index (κ1) is 19.6. The fourth-order valence-corrected chi connectivity index (χ4v) is 2.52. The number of hydrogen-bond acceptors (Lipinski definition) is 4. The molecule has 136 valence electrons. The molecule has 0 atom stereocenters. The zero-order valence-electron chi connectivity index (χ0n) is 13.1. The molecule has 0 bridgehead atoms. The van der Waals surface area contributed by atoms with Gasteiger partial charge >= 0.3 is 6.61 Å². The van der Waals surface area contributed by atoms with Gasteiger partial charge in [-0.05, 0) is 35.9 Å². The second-order valence-electron chi connectivity index (χ2n) is 5.08. The van der Waals surface area contributed by atoms with Gasteiger partial charge in [-0.25, -0.2) is 4.39 Å². The second kappa shape index (κ2) is 9.65. The molecule has 2 aromatic rings. The Morgan fingerprint density at radius 2 is 1.92 bits per heavy atom. The lowest BCUT2D eigenvalue weighted by atomic mass is 10.2. The van der Waals surface area contributed by atoms with Gasteiger partial charge in [0, 0.05) is 23.1 Å². The standard InChI is InChI=1S/C17H17BrF3NO3/c18-13-2-4-15(12(8-13)9-22-5-6-23)24-10-11-1-3-14(19)16(7-11)25-17(20)21/h1-4,7-8,17,22-23H,5-6,9-10H2. The van der Waals surface area contributed by atoms with E-state index in [1.807, 2.05) is 6.07 Å². The summed E-state index contributed by atoms with van der Waals surface area (Å²) in [4.78, 5) is 0. The molecular formula is C17H17BrF3NO3. The summed E-state index contributed by atoms with van der Waals surface area (Å²) in [5, 5.41) is 11.9. The van der Waals surface area contributed by atoms with E-state index in [2.05, 4.69) is 26.0 Å². The highest BCUT2D eigenvalue weighted by atomic mass is 79.9. The number of aliphatic hydroxyl groups is 1. The summed E-state index contributed by atoms with van der Waals surface area (Å²) < 4.78 is 48.7. The number of nitrogens with one attached hydrogen (secondary N) is 1. The summed E-state index contributed by atoms with van der Waals surface area (Å²) in [5.74, 6) is -0.785. The summed E-state index contributed by atoms with van der Waals surface area (Å²) in [6.45, 7) is -2.08. The van der Waals surface area contributed by atoms with Crippen molar-refractivity contribution in [3.8, 4) is 11.5 Å². The second-order valence-corrected chi connectivity index (χ2v) is 6.00. The van der Waals surface area contributed by atoms with Gasteiger partial charge in [0.2, 0.25) is 0 Å². The molecule has 2 rings (SSSR count). The molecule has 0 heterocycles. The molecule has 0 spiro atoms. The van der Waals surface area contributed by atoms with E-state index in [1.165, 1.54) is 12.1 Å². The molecule has 0 amide bonds. The Labute approximate surface area is 151 Å². The molecule has 0 aliphatic rings. The van der Waals surface area contributed by atoms with Gasteiger partial charge in [-0.3, -0.25) is 0 Å². The van der Waals surface area contributed by atoms with Gasteiger partial charge < -0.3 is 19.9 Å². The predicted molar refractivity (Wildman–Crippen MR) is 90.3 cm³/mol. The highest BCUT2D eigenvalue weighted by Crippen LogP contribution is 2.26. The van der Waals surface area contributed by atoms with Crippen LogP contribution in [0.3, 0.4) is 0 Å². The van der Waals surface area contributed by atoms with Crippen molar-refractivity contribution in [3.63, 3.8) is 0 Å². The third kappa shape index (κ3) is 6.22. The van der Waals surface area contributed by atoms with Crippen molar-refractivity contribution in [2.45, 2.75) is 19.8 Å². The van der Waals surface area contributed by atoms with Crippen LogP contribution in [0.25, 0.3) is 0 Å². The van der Waals surface area contributed by atoms with Gasteiger partial charge in [-0.1, -0.05) is 22.0 Å². The molecule has 0 unspecified atom stereocenters. The van der Waals surface area contributed by atoms with Crippen LogP contribution in [-0.4, -0.2) is 24.9 Å². The maximum atomic E-state index is 13.4. The first-order valence-electron chi connectivity index (χ1n) is 7.45. The molecule has 0 fully saturated rings. The number of alkyl halides is 2. The summed E-state index contributed by atoms with van der Waals surface area (Å²) in [6.07, 6.45) is 0. The zero-order valence-corrected chi connectivity index (χ0v) is 14.7. The van der Waals surface area contributed by atoms with Crippen LogP contribution in [-0.2, 0) is 13.2 Å². The highest BCUT2D eigenvalue weighted by Gasteiger charge is 2.11. The third-order valence-electron chi connectivity index (χ3n) is 3.23. The average Bonchev–Trinajstić information content (AvgIpc) is 2.56. The molecule has 2 aromatic carbocycles. The molecule has 4 nitrogen and oxygen atoms in total. The minimum absolute atomic E-state index is 0.0205. The number of rotatable bonds is 9. The zero-order chi connectivity index (χ0) is 18.2. The molecule has 0 aromatic heterocycles. The number of halogens is 4. The number of ether oxygens (including phenoxy) is 2. The van der Waals surface area contributed by atoms with Crippen LogP contribution in [0.2, 0.25) is 0 Å². The van der Waals surface area contributed by atoms with Crippen molar-refractivity contribution in [1.82, 2.24) is 5.32 Å². The largest absolute Gasteiger partial charge is 0.489 e. The minimum Gasteiger partial charge on any atom is -0.489 e. The molecular weight excluding hydrogens is 403 g/mol. The van der Waals surface area contributed by atoms with Crippen LogP contribution in [0.15, 0.2) is 40.9 Å². The Kier molecular flexibility index (Phi) is 7.54. The SMILES string of the molecule is OCCNCc1cc(Br)ccc1OCc1ccc(F)c(OC(F)F)c1. The molecule has 0 saturated heterocycles. The van der Waals surface area contributed by atoms with E-state index in [9.17, 15) is 13.2 Å². The van der Waals surface area contributed by atoms with Gasteiger partial charge in [0.15, 0.2) is 11.6 Å². The Balaban J connectivity index is 2.08. The molecule has 25 heavy (non-hydrogen) atoms. The molecule has 8 heteroatoms. The lowest BCUT2D eigenvalue weighted by molar-refractivity contribution is -0.0522. The van der Waals surface area contributed by atoms with Crippen molar-refractivity contribution >= 4 is 15.9 Å². The van der Waals surface area contributed by atoms with Crippen molar-refractivity contribution in [1.29, 1.82) is 0 Å². The van der Waals surface area contributed by atoms with Crippen LogP contribution in [0.5, 0.6) is 11.5 Å². The monoisotopic (exact) mass is 419 g/mol. The van der Waals surface area contributed by atoms with E-state index < -0.39 is 18.2 Å². The first-order valence-corrected chi connectivity index (χ1v) is 8.25. The van der Waals surface area contributed by atoms with Crippen LogP contribution >= 0.6 is 15.9 Å². The number of aliphatic hydroxyl groups excluding tert-OH is 1. The minimum atomic E-state index is -3.10. The number of hydrogen-bond donors (Lipinski definition) is 2. The number of benzene rings is 2. The van der Waals surface area contributed by atoms with Gasteiger partial charge in [0.25, 0.3) is 0 Å². The lowest BCUT2D eigenvalue weighted by Crippen LogP contribution is -2.18. The summed E-state index contributed by atoms with van der Waals surface area (Å²) in [6, 6.07) is 9.12. The molecule has 2 N–H and O–H groups in total. The smallest absolute Gasteiger partial charge is 0.387 e. The van der Waals surface area contributed by atoms with Crippen LogP contribution in [0.4, 0.5) is 13.2 Å². The Morgan fingerprint density at radius 3 is 2.64 bits per heavy atom. The molecule has 0 aliphatic carbocycles. The van der Waals surface area contributed by atoms with E-state index in [0.717, 1.165) is 16.1 Å². The van der Waals surface area contributed by atoms with Crippen LogP contribution in [0, 0.1) is 5.82 Å². The average molecular weight is 420 g/mol. The fraction of sp³-hybridized carbons (Fsp3) is 0.294. The van der Waals surface area contributed by atoms with Crippen molar-refractivity contribution in [2.75, 3.05) is 13.2 Å². The van der Waals surface area contributed by atoms with E-state index in [4.69, 9.17) is 9.84 Å². The van der Waals surface area contributed by atoms with Crippen molar-refractivity contribution < 1.29 is 27.8 Å². The summed E-state index contributed by atoms with van der Waals surface area (Å²) >= 11 is 3.38. The van der Waals surface area contributed by atoms with Gasteiger partial charge in [-0.2, -0.15) is 8.78 Å². The van der Waals surface area contributed by atoms with E-state index in [-0.39, 0.29) is 13.2 Å².